The predicted octanol–water partition coefficient (Wildman–Crippen LogP) is 3.22. The van der Waals surface area contributed by atoms with Gasteiger partial charge in [0.1, 0.15) is 5.82 Å². The summed E-state index contributed by atoms with van der Waals surface area (Å²) >= 11 is 0. The van der Waals surface area contributed by atoms with Crippen LogP contribution >= 0.6 is 0 Å². The summed E-state index contributed by atoms with van der Waals surface area (Å²) in [4.78, 5) is 2.35. The van der Waals surface area contributed by atoms with Gasteiger partial charge in [0.2, 0.25) is 0 Å². The zero-order valence-corrected chi connectivity index (χ0v) is 10.8. The van der Waals surface area contributed by atoms with Crippen LogP contribution in [0.1, 0.15) is 45.2 Å². The van der Waals surface area contributed by atoms with Gasteiger partial charge in [-0.2, -0.15) is 0 Å². The lowest BCUT2D eigenvalue weighted by molar-refractivity contribution is 0.515. The molecule has 94 valence electrons. The quantitative estimate of drug-likeness (QED) is 0.854. The van der Waals surface area contributed by atoms with Crippen molar-refractivity contribution < 1.29 is 4.39 Å². The van der Waals surface area contributed by atoms with E-state index in [2.05, 4.69) is 18.7 Å². The Labute approximate surface area is 103 Å². The topological polar surface area (TPSA) is 29.3 Å². The smallest absolute Gasteiger partial charge is 0.123 e. The summed E-state index contributed by atoms with van der Waals surface area (Å²) in [5.74, 6) is -0.210. The van der Waals surface area contributed by atoms with Crippen molar-refractivity contribution in [3.63, 3.8) is 0 Å². The molecule has 3 heteroatoms. The molecular formula is C14H21FN2. The van der Waals surface area contributed by atoms with Gasteiger partial charge in [0.05, 0.1) is 0 Å². The molecule has 0 aromatic heterocycles. The largest absolute Gasteiger partial charge is 0.366 e. The molecule has 0 amide bonds. The van der Waals surface area contributed by atoms with Gasteiger partial charge in [-0.05, 0) is 57.4 Å². The van der Waals surface area contributed by atoms with E-state index in [0.29, 0.717) is 0 Å². The van der Waals surface area contributed by atoms with Crippen molar-refractivity contribution in [3.8, 4) is 0 Å². The molecular weight excluding hydrogens is 215 g/mol. The Bertz CT molecular complexity index is 413. The fourth-order valence-corrected chi connectivity index (χ4v) is 2.69. The molecule has 2 nitrogen and oxygen atoms in total. The second-order valence-corrected chi connectivity index (χ2v) is 5.56. The first-order valence-corrected chi connectivity index (χ1v) is 6.24. The van der Waals surface area contributed by atoms with Crippen LogP contribution in [0.2, 0.25) is 0 Å². The predicted molar refractivity (Wildman–Crippen MR) is 69.7 cm³/mol. The molecule has 0 spiro atoms. The van der Waals surface area contributed by atoms with E-state index < -0.39 is 0 Å². The standard InChI is InChI=1S/C14H21FN2/c1-10(16)12-9-11(15)5-6-13(12)17-8-4-7-14(17,2)3/h5-6,9-10H,4,7-8,16H2,1-3H3. The molecule has 0 saturated carbocycles. The van der Waals surface area contributed by atoms with E-state index >= 15 is 0 Å². The Balaban J connectivity index is 2.44. The molecule has 1 aliphatic rings. The number of hydrogen-bond acceptors (Lipinski definition) is 2. The van der Waals surface area contributed by atoms with Crippen molar-refractivity contribution in [1.82, 2.24) is 0 Å². The lowest BCUT2D eigenvalue weighted by Gasteiger charge is -2.35. The molecule has 2 N–H and O–H groups in total. The number of benzene rings is 1. The molecule has 0 bridgehead atoms. The Morgan fingerprint density at radius 3 is 2.65 bits per heavy atom. The highest BCUT2D eigenvalue weighted by atomic mass is 19.1. The highest BCUT2D eigenvalue weighted by molar-refractivity contribution is 5.57. The van der Waals surface area contributed by atoms with E-state index in [4.69, 9.17) is 5.73 Å². The lowest BCUT2D eigenvalue weighted by atomic mass is 9.99. The van der Waals surface area contributed by atoms with Gasteiger partial charge in [-0.1, -0.05) is 0 Å². The maximum absolute atomic E-state index is 13.3. The summed E-state index contributed by atoms with van der Waals surface area (Å²) in [5.41, 5.74) is 8.08. The van der Waals surface area contributed by atoms with Crippen LogP contribution in [0.25, 0.3) is 0 Å². The van der Waals surface area contributed by atoms with Crippen molar-refractivity contribution >= 4 is 5.69 Å². The molecule has 1 heterocycles. The van der Waals surface area contributed by atoms with Crippen LogP contribution in [0.15, 0.2) is 18.2 Å². The summed E-state index contributed by atoms with van der Waals surface area (Å²) in [6.07, 6.45) is 2.35. The van der Waals surface area contributed by atoms with Crippen molar-refractivity contribution in [3.05, 3.63) is 29.6 Å². The summed E-state index contributed by atoms with van der Waals surface area (Å²) in [5, 5.41) is 0. The van der Waals surface area contributed by atoms with Crippen LogP contribution in [0, 0.1) is 5.82 Å². The minimum atomic E-state index is -0.210. The second kappa shape index (κ2) is 4.30. The number of nitrogens with zero attached hydrogens (tertiary/aromatic N) is 1. The van der Waals surface area contributed by atoms with Crippen LogP contribution in [0.5, 0.6) is 0 Å². The molecule has 0 radical (unpaired) electrons. The number of nitrogens with two attached hydrogens (primary N) is 1. The Morgan fingerprint density at radius 2 is 2.12 bits per heavy atom. The number of halogens is 1. The van der Waals surface area contributed by atoms with Gasteiger partial charge in [-0.25, -0.2) is 4.39 Å². The maximum atomic E-state index is 13.3. The average Bonchev–Trinajstić information content (AvgIpc) is 2.58. The van der Waals surface area contributed by atoms with Crippen LogP contribution in [-0.2, 0) is 0 Å². The van der Waals surface area contributed by atoms with Gasteiger partial charge in [-0.15, -0.1) is 0 Å². The van der Waals surface area contributed by atoms with Crippen LogP contribution in [0.4, 0.5) is 10.1 Å². The van der Waals surface area contributed by atoms with Crippen LogP contribution in [0.3, 0.4) is 0 Å². The van der Waals surface area contributed by atoms with Gasteiger partial charge < -0.3 is 10.6 Å². The minimum Gasteiger partial charge on any atom is -0.366 e. The zero-order valence-electron chi connectivity index (χ0n) is 10.8. The molecule has 1 aromatic rings. The van der Waals surface area contributed by atoms with Gasteiger partial charge in [0.25, 0.3) is 0 Å². The third kappa shape index (κ3) is 2.29. The Morgan fingerprint density at radius 1 is 1.41 bits per heavy atom. The number of rotatable bonds is 2. The highest BCUT2D eigenvalue weighted by Gasteiger charge is 2.33. The zero-order chi connectivity index (χ0) is 12.6. The molecule has 1 unspecified atom stereocenters. The highest BCUT2D eigenvalue weighted by Crippen LogP contribution is 2.37. The molecule has 1 fully saturated rings. The fourth-order valence-electron chi connectivity index (χ4n) is 2.69. The van der Waals surface area contributed by atoms with E-state index in [1.165, 1.54) is 18.9 Å². The average molecular weight is 236 g/mol. The lowest BCUT2D eigenvalue weighted by Crippen LogP contribution is -2.39. The molecule has 0 aliphatic carbocycles. The Kier molecular flexibility index (Phi) is 3.13. The van der Waals surface area contributed by atoms with Crippen molar-refractivity contribution in [1.29, 1.82) is 0 Å². The van der Waals surface area contributed by atoms with Crippen molar-refractivity contribution in [2.24, 2.45) is 5.73 Å². The van der Waals surface area contributed by atoms with E-state index in [1.807, 2.05) is 13.0 Å². The van der Waals surface area contributed by atoms with Gasteiger partial charge in [0.15, 0.2) is 0 Å². The first-order valence-electron chi connectivity index (χ1n) is 6.24. The second-order valence-electron chi connectivity index (χ2n) is 5.56. The molecule has 2 rings (SSSR count). The first-order chi connectivity index (χ1) is 7.92. The minimum absolute atomic E-state index is 0.140. The van der Waals surface area contributed by atoms with E-state index in [1.54, 1.807) is 6.07 Å². The van der Waals surface area contributed by atoms with Gasteiger partial charge >= 0.3 is 0 Å². The number of hydrogen-bond donors (Lipinski definition) is 1. The number of anilines is 1. The third-order valence-corrected chi connectivity index (χ3v) is 3.67. The van der Waals surface area contributed by atoms with E-state index in [9.17, 15) is 4.39 Å². The summed E-state index contributed by atoms with van der Waals surface area (Å²) in [7, 11) is 0. The molecule has 1 saturated heterocycles. The van der Waals surface area contributed by atoms with Crippen LogP contribution < -0.4 is 10.6 Å². The molecule has 1 atom stereocenters. The molecule has 1 aromatic carbocycles. The summed E-state index contributed by atoms with van der Waals surface area (Å²) < 4.78 is 13.3. The van der Waals surface area contributed by atoms with E-state index in [-0.39, 0.29) is 17.4 Å². The normalized spacial score (nSPS) is 20.6. The third-order valence-electron chi connectivity index (χ3n) is 3.67. The van der Waals surface area contributed by atoms with E-state index in [0.717, 1.165) is 17.8 Å². The molecule has 17 heavy (non-hydrogen) atoms. The Hall–Kier alpha value is -1.09. The fraction of sp³-hybridized carbons (Fsp3) is 0.571. The first kappa shape index (κ1) is 12.4. The van der Waals surface area contributed by atoms with Gasteiger partial charge in [-0.3, -0.25) is 0 Å². The monoisotopic (exact) mass is 236 g/mol. The van der Waals surface area contributed by atoms with Gasteiger partial charge in [0, 0.05) is 23.8 Å². The van der Waals surface area contributed by atoms with Crippen LogP contribution in [-0.4, -0.2) is 12.1 Å². The van der Waals surface area contributed by atoms with Crippen molar-refractivity contribution in [2.45, 2.75) is 45.2 Å². The summed E-state index contributed by atoms with van der Waals surface area (Å²) in [6, 6.07) is 4.81. The molecule has 1 aliphatic heterocycles. The van der Waals surface area contributed by atoms with Crippen molar-refractivity contribution in [2.75, 3.05) is 11.4 Å². The SMILES string of the molecule is CC(N)c1cc(F)ccc1N1CCCC1(C)C. The summed E-state index contributed by atoms with van der Waals surface area (Å²) in [6.45, 7) is 7.39. The maximum Gasteiger partial charge on any atom is 0.123 e.